The molecule has 18 heavy (non-hydrogen) atoms. The number of fused-ring (bicyclic) bond motifs is 1. The molecule has 0 radical (unpaired) electrons. The third-order valence-corrected chi connectivity index (χ3v) is 2.62. The summed E-state index contributed by atoms with van der Waals surface area (Å²) in [6.45, 7) is 2.45. The Balaban J connectivity index is 0.00000162. The van der Waals surface area contributed by atoms with Crippen molar-refractivity contribution in [2.24, 2.45) is 5.73 Å². The van der Waals surface area contributed by atoms with Gasteiger partial charge in [-0.1, -0.05) is 6.07 Å². The van der Waals surface area contributed by atoms with Crippen LogP contribution in [-0.4, -0.2) is 30.7 Å². The number of rotatable bonds is 3. The van der Waals surface area contributed by atoms with E-state index in [9.17, 15) is 4.79 Å². The lowest BCUT2D eigenvalue weighted by atomic mass is 10.2. The van der Waals surface area contributed by atoms with Crippen molar-refractivity contribution in [3.05, 3.63) is 23.8 Å². The molecule has 1 aliphatic rings. The third kappa shape index (κ3) is 3.05. The first-order valence-electron chi connectivity index (χ1n) is 5.47. The van der Waals surface area contributed by atoms with Gasteiger partial charge in [0.25, 0.3) is 0 Å². The molecule has 0 aromatic heterocycles. The Morgan fingerprint density at radius 2 is 2.11 bits per heavy atom. The third-order valence-electron chi connectivity index (χ3n) is 2.62. The van der Waals surface area contributed by atoms with Crippen molar-refractivity contribution in [2.75, 3.05) is 13.8 Å². The molecular formula is C12H17ClN2O3. The lowest BCUT2D eigenvalue weighted by Gasteiger charge is -2.19. The maximum absolute atomic E-state index is 11.6. The predicted molar refractivity (Wildman–Crippen MR) is 69.9 cm³/mol. The van der Waals surface area contributed by atoms with Gasteiger partial charge in [0.05, 0.1) is 6.04 Å². The molecule has 2 rings (SSSR count). The molecule has 2 N–H and O–H groups in total. The van der Waals surface area contributed by atoms with Gasteiger partial charge in [-0.2, -0.15) is 0 Å². The second-order valence-corrected chi connectivity index (χ2v) is 4.17. The minimum absolute atomic E-state index is 0. The maximum atomic E-state index is 11.6. The van der Waals surface area contributed by atoms with E-state index in [4.69, 9.17) is 15.2 Å². The van der Waals surface area contributed by atoms with Crippen LogP contribution in [0.25, 0.3) is 0 Å². The molecule has 0 spiro atoms. The van der Waals surface area contributed by atoms with E-state index in [1.54, 1.807) is 18.9 Å². The Morgan fingerprint density at radius 3 is 2.78 bits per heavy atom. The van der Waals surface area contributed by atoms with Crippen LogP contribution in [0.5, 0.6) is 11.5 Å². The Labute approximate surface area is 112 Å². The molecule has 1 aromatic rings. The highest BCUT2D eigenvalue weighted by Crippen LogP contribution is 2.32. The molecular weight excluding hydrogens is 256 g/mol. The van der Waals surface area contributed by atoms with Crippen molar-refractivity contribution in [1.29, 1.82) is 0 Å². The first kappa shape index (κ1) is 14.6. The fourth-order valence-corrected chi connectivity index (χ4v) is 1.74. The summed E-state index contributed by atoms with van der Waals surface area (Å²) in [6, 6.07) is 5.17. The molecule has 0 unspecified atom stereocenters. The van der Waals surface area contributed by atoms with Gasteiger partial charge in [-0.25, -0.2) is 0 Å². The van der Waals surface area contributed by atoms with Crippen molar-refractivity contribution in [2.45, 2.75) is 19.5 Å². The minimum atomic E-state index is -0.478. The van der Waals surface area contributed by atoms with Crippen LogP contribution in [0.3, 0.4) is 0 Å². The van der Waals surface area contributed by atoms with Gasteiger partial charge in [-0.05, 0) is 24.6 Å². The highest BCUT2D eigenvalue weighted by molar-refractivity contribution is 5.85. The summed E-state index contributed by atoms with van der Waals surface area (Å²) in [5, 5.41) is 0. The Morgan fingerprint density at radius 1 is 1.44 bits per heavy atom. The van der Waals surface area contributed by atoms with Crippen LogP contribution >= 0.6 is 12.4 Å². The molecule has 0 saturated carbocycles. The van der Waals surface area contributed by atoms with Crippen LogP contribution in [0.2, 0.25) is 0 Å². The lowest BCUT2D eigenvalue weighted by Crippen LogP contribution is -2.39. The van der Waals surface area contributed by atoms with E-state index in [0.29, 0.717) is 6.54 Å². The molecule has 5 nitrogen and oxygen atoms in total. The quantitative estimate of drug-likeness (QED) is 0.896. The van der Waals surface area contributed by atoms with Gasteiger partial charge in [-0.15, -0.1) is 12.4 Å². The molecule has 1 amide bonds. The number of halogens is 1. The largest absolute Gasteiger partial charge is 0.454 e. The van der Waals surface area contributed by atoms with E-state index in [0.717, 1.165) is 17.1 Å². The molecule has 1 aromatic carbocycles. The number of nitrogens with zero attached hydrogens (tertiary/aromatic N) is 1. The van der Waals surface area contributed by atoms with Crippen molar-refractivity contribution in [3.63, 3.8) is 0 Å². The summed E-state index contributed by atoms with van der Waals surface area (Å²) < 4.78 is 10.5. The predicted octanol–water partition coefficient (Wildman–Crippen LogP) is 1.14. The molecule has 0 fully saturated rings. The van der Waals surface area contributed by atoms with Gasteiger partial charge in [0.1, 0.15) is 0 Å². The van der Waals surface area contributed by atoms with Crippen LogP contribution in [-0.2, 0) is 11.3 Å². The first-order chi connectivity index (χ1) is 8.08. The highest BCUT2D eigenvalue weighted by Gasteiger charge is 2.16. The Hall–Kier alpha value is -1.46. The van der Waals surface area contributed by atoms with Gasteiger partial charge < -0.3 is 20.1 Å². The number of likely N-dealkylation sites (N-methyl/N-ethyl adjacent to an activating group) is 1. The maximum Gasteiger partial charge on any atom is 0.239 e. The number of hydrogen-bond donors (Lipinski definition) is 1. The smallest absolute Gasteiger partial charge is 0.239 e. The number of amides is 1. The van der Waals surface area contributed by atoms with Crippen LogP contribution < -0.4 is 15.2 Å². The number of carbonyl (C=O) groups is 1. The van der Waals surface area contributed by atoms with Gasteiger partial charge in [0.2, 0.25) is 12.7 Å². The molecule has 0 saturated heterocycles. The molecule has 0 aliphatic carbocycles. The summed E-state index contributed by atoms with van der Waals surface area (Å²) in [4.78, 5) is 13.2. The highest BCUT2D eigenvalue weighted by atomic mass is 35.5. The average Bonchev–Trinajstić information content (AvgIpc) is 2.74. The Kier molecular flexibility index (Phi) is 4.81. The van der Waals surface area contributed by atoms with Gasteiger partial charge >= 0.3 is 0 Å². The summed E-state index contributed by atoms with van der Waals surface area (Å²) in [5.74, 6) is 1.39. The summed E-state index contributed by atoms with van der Waals surface area (Å²) in [5.41, 5.74) is 6.54. The number of benzene rings is 1. The zero-order chi connectivity index (χ0) is 12.4. The van der Waals surface area contributed by atoms with Crippen LogP contribution in [0, 0.1) is 0 Å². The monoisotopic (exact) mass is 272 g/mol. The van der Waals surface area contributed by atoms with Gasteiger partial charge in [-0.3, -0.25) is 4.79 Å². The van der Waals surface area contributed by atoms with Crippen LogP contribution in [0.1, 0.15) is 12.5 Å². The zero-order valence-corrected chi connectivity index (χ0v) is 11.2. The van der Waals surface area contributed by atoms with Crippen molar-refractivity contribution in [1.82, 2.24) is 4.90 Å². The lowest BCUT2D eigenvalue weighted by molar-refractivity contribution is -0.131. The fourth-order valence-electron chi connectivity index (χ4n) is 1.74. The van der Waals surface area contributed by atoms with Crippen LogP contribution in [0.15, 0.2) is 18.2 Å². The van der Waals surface area contributed by atoms with E-state index < -0.39 is 6.04 Å². The molecule has 1 aliphatic heterocycles. The summed E-state index contributed by atoms with van der Waals surface area (Å²) >= 11 is 0. The minimum Gasteiger partial charge on any atom is -0.454 e. The van der Waals surface area contributed by atoms with E-state index in [1.807, 2.05) is 18.2 Å². The first-order valence-corrected chi connectivity index (χ1v) is 5.47. The van der Waals surface area contributed by atoms with E-state index >= 15 is 0 Å². The summed E-state index contributed by atoms with van der Waals surface area (Å²) in [6.07, 6.45) is 0. The molecule has 1 atom stereocenters. The molecule has 100 valence electrons. The fraction of sp³-hybridized carbons (Fsp3) is 0.417. The second kappa shape index (κ2) is 5.93. The van der Waals surface area contributed by atoms with Crippen molar-refractivity contribution < 1.29 is 14.3 Å². The van der Waals surface area contributed by atoms with Gasteiger partial charge in [0, 0.05) is 13.6 Å². The van der Waals surface area contributed by atoms with E-state index in [-0.39, 0.29) is 25.1 Å². The molecule has 0 bridgehead atoms. The topological polar surface area (TPSA) is 64.8 Å². The Bertz CT molecular complexity index is 437. The second-order valence-electron chi connectivity index (χ2n) is 4.17. The van der Waals surface area contributed by atoms with Crippen molar-refractivity contribution >= 4 is 18.3 Å². The standard InChI is InChI=1S/C12H16N2O3.ClH/c1-8(13)12(15)14(2)6-9-3-4-10-11(5-9)17-7-16-10;/h3-5,8H,6-7,13H2,1-2H3;1H/t8-;/m0./s1. The summed E-state index contributed by atoms with van der Waals surface area (Å²) in [7, 11) is 1.73. The average molecular weight is 273 g/mol. The number of carbonyl (C=O) groups excluding carboxylic acids is 1. The van der Waals surface area contributed by atoms with E-state index in [2.05, 4.69) is 0 Å². The van der Waals surface area contributed by atoms with Crippen LogP contribution in [0.4, 0.5) is 0 Å². The number of hydrogen-bond acceptors (Lipinski definition) is 4. The normalized spacial score (nSPS) is 13.7. The van der Waals surface area contributed by atoms with Gasteiger partial charge in [0.15, 0.2) is 11.5 Å². The number of ether oxygens (including phenoxy) is 2. The number of nitrogens with two attached hydrogens (primary N) is 1. The van der Waals surface area contributed by atoms with Crippen molar-refractivity contribution in [3.8, 4) is 11.5 Å². The zero-order valence-electron chi connectivity index (χ0n) is 10.4. The molecule has 6 heteroatoms. The van der Waals surface area contributed by atoms with E-state index in [1.165, 1.54) is 0 Å². The SMILES string of the molecule is C[C@H](N)C(=O)N(C)Cc1ccc2c(c1)OCO2.Cl. The molecule has 1 heterocycles.